The van der Waals surface area contributed by atoms with Gasteiger partial charge in [0.25, 0.3) is 0 Å². The summed E-state index contributed by atoms with van der Waals surface area (Å²) in [6.07, 6.45) is 1.84. The number of hydrogen-bond acceptors (Lipinski definition) is 4. The van der Waals surface area contributed by atoms with E-state index in [0.717, 1.165) is 31.0 Å². The SMILES string of the molecule is CC(=O)Nc1ccc(CN2CCOC(c3ccccn3)C2)cc1. The molecule has 1 amide bonds. The van der Waals surface area contributed by atoms with Gasteiger partial charge in [0, 0.05) is 38.4 Å². The topological polar surface area (TPSA) is 54.5 Å². The van der Waals surface area contributed by atoms with Crippen molar-refractivity contribution >= 4 is 11.6 Å². The average Bonchev–Trinajstić information content (AvgIpc) is 2.57. The number of carbonyl (C=O) groups excluding carboxylic acids is 1. The molecule has 2 aromatic rings. The standard InChI is InChI=1S/C18H21N3O2/c1-14(22)20-16-7-5-15(6-8-16)12-21-10-11-23-18(13-21)17-4-2-3-9-19-17/h2-9,18H,10-13H2,1H3,(H,20,22). The van der Waals surface area contributed by atoms with Gasteiger partial charge >= 0.3 is 0 Å². The fourth-order valence-electron chi connectivity index (χ4n) is 2.75. The molecule has 5 nitrogen and oxygen atoms in total. The Labute approximate surface area is 136 Å². The molecule has 1 aromatic carbocycles. The average molecular weight is 311 g/mol. The van der Waals surface area contributed by atoms with Crippen molar-refractivity contribution in [3.8, 4) is 0 Å². The molecular weight excluding hydrogens is 290 g/mol. The molecule has 0 saturated carbocycles. The predicted octanol–water partition coefficient (Wildman–Crippen LogP) is 2.61. The summed E-state index contributed by atoms with van der Waals surface area (Å²) in [5, 5.41) is 2.78. The summed E-state index contributed by atoms with van der Waals surface area (Å²) in [5.41, 5.74) is 3.04. The molecule has 2 heterocycles. The first-order valence-corrected chi connectivity index (χ1v) is 7.82. The van der Waals surface area contributed by atoms with Crippen molar-refractivity contribution in [3.63, 3.8) is 0 Å². The van der Waals surface area contributed by atoms with Crippen molar-refractivity contribution in [2.75, 3.05) is 25.0 Å². The molecule has 1 aliphatic heterocycles. The first kappa shape index (κ1) is 15.6. The van der Waals surface area contributed by atoms with Crippen molar-refractivity contribution in [1.29, 1.82) is 0 Å². The number of benzene rings is 1. The van der Waals surface area contributed by atoms with Crippen molar-refractivity contribution in [2.45, 2.75) is 19.6 Å². The Balaban J connectivity index is 1.60. The van der Waals surface area contributed by atoms with Crippen LogP contribution in [-0.2, 0) is 16.1 Å². The maximum atomic E-state index is 11.0. The summed E-state index contributed by atoms with van der Waals surface area (Å²) in [7, 11) is 0. The number of anilines is 1. The smallest absolute Gasteiger partial charge is 0.221 e. The van der Waals surface area contributed by atoms with E-state index in [1.165, 1.54) is 12.5 Å². The van der Waals surface area contributed by atoms with E-state index < -0.39 is 0 Å². The van der Waals surface area contributed by atoms with Gasteiger partial charge in [-0.25, -0.2) is 0 Å². The van der Waals surface area contributed by atoms with Crippen molar-refractivity contribution in [3.05, 3.63) is 59.9 Å². The molecule has 1 fully saturated rings. The quantitative estimate of drug-likeness (QED) is 0.943. The van der Waals surface area contributed by atoms with Crippen LogP contribution in [0.4, 0.5) is 5.69 Å². The molecular formula is C18H21N3O2. The third-order valence-electron chi connectivity index (χ3n) is 3.85. The fourth-order valence-corrected chi connectivity index (χ4v) is 2.75. The first-order valence-electron chi connectivity index (χ1n) is 7.82. The monoisotopic (exact) mass is 311 g/mol. The summed E-state index contributed by atoms with van der Waals surface area (Å²) in [4.78, 5) is 17.8. The molecule has 1 atom stereocenters. The highest BCUT2D eigenvalue weighted by atomic mass is 16.5. The van der Waals surface area contributed by atoms with Gasteiger partial charge in [0.15, 0.2) is 0 Å². The van der Waals surface area contributed by atoms with E-state index in [9.17, 15) is 4.79 Å². The number of amides is 1. The fraction of sp³-hybridized carbons (Fsp3) is 0.333. The Morgan fingerprint density at radius 2 is 2.13 bits per heavy atom. The van der Waals surface area contributed by atoms with E-state index in [2.05, 4.69) is 27.3 Å². The molecule has 5 heteroatoms. The largest absolute Gasteiger partial charge is 0.369 e. The lowest BCUT2D eigenvalue weighted by molar-refractivity contribution is -0.114. The van der Waals surface area contributed by atoms with Crippen LogP contribution in [0.2, 0.25) is 0 Å². The predicted molar refractivity (Wildman–Crippen MR) is 89.0 cm³/mol. The van der Waals surface area contributed by atoms with E-state index >= 15 is 0 Å². The number of nitrogens with one attached hydrogen (secondary N) is 1. The van der Waals surface area contributed by atoms with Gasteiger partial charge in [-0.1, -0.05) is 18.2 Å². The zero-order chi connectivity index (χ0) is 16.1. The molecule has 23 heavy (non-hydrogen) atoms. The molecule has 0 spiro atoms. The molecule has 3 rings (SSSR count). The zero-order valence-corrected chi connectivity index (χ0v) is 13.2. The second-order valence-electron chi connectivity index (χ2n) is 5.73. The van der Waals surface area contributed by atoms with E-state index in [-0.39, 0.29) is 12.0 Å². The molecule has 1 saturated heterocycles. The second-order valence-corrected chi connectivity index (χ2v) is 5.73. The highest BCUT2D eigenvalue weighted by molar-refractivity contribution is 5.88. The number of carbonyl (C=O) groups is 1. The Morgan fingerprint density at radius 1 is 1.30 bits per heavy atom. The minimum Gasteiger partial charge on any atom is -0.369 e. The lowest BCUT2D eigenvalue weighted by Crippen LogP contribution is -2.38. The number of nitrogens with zero attached hydrogens (tertiary/aromatic N) is 2. The van der Waals surface area contributed by atoms with Crippen LogP contribution < -0.4 is 5.32 Å². The van der Waals surface area contributed by atoms with Gasteiger partial charge < -0.3 is 10.1 Å². The van der Waals surface area contributed by atoms with Crippen LogP contribution in [0, 0.1) is 0 Å². The Hall–Kier alpha value is -2.24. The highest BCUT2D eigenvalue weighted by Crippen LogP contribution is 2.21. The van der Waals surface area contributed by atoms with Crippen LogP contribution in [-0.4, -0.2) is 35.5 Å². The highest BCUT2D eigenvalue weighted by Gasteiger charge is 2.22. The van der Waals surface area contributed by atoms with Crippen molar-refractivity contribution < 1.29 is 9.53 Å². The Kier molecular flexibility index (Phi) is 5.00. The van der Waals surface area contributed by atoms with Gasteiger partial charge in [0.2, 0.25) is 5.91 Å². The van der Waals surface area contributed by atoms with Gasteiger partial charge in [-0.3, -0.25) is 14.7 Å². The first-order chi connectivity index (χ1) is 11.2. The molecule has 1 N–H and O–H groups in total. The number of ether oxygens (including phenoxy) is 1. The van der Waals surface area contributed by atoms with Crippen LogP contribution >= 0.6 is 0 Å². The van der Waals surface area contributed by atoms with Crippen LogP contribution in [0.1, 0.15) is 24.3 Å². The molecule has 0 radical (unpaired) electrons. The van der Waals surface area contributed by atoms with Gasteiger partial charge in [0.05, 0.1) is 12.3 Å². The normalized spacial score (nSPS) is 18.6. The van der Waals surface area contributed by atoms with Gasteiger partial charge in [-0.2, -0.15) is 0 Å². The molecule has 1 unspecified atom stereocenters. The molecule has 1 aromatic heterocycles. The number of aromatic nitrogens is 1. The summed E-state index contributed by atoms with van der Waals surface area (Å²) in [5.74, 6) is -0.0517. The summed E-state index contributed by atoms with van der Waals surface area (Å²) in [6.45, 7) is 4.85. The Morgan fingerprint density at radius 3 is 2.83 bits per heavy atom. The summed E-state index contributed by atoms with van der Waals surface area (Å²) >= 11 is 0. The van der Waals surface area contributed by atoms with Gasteiger partial charge in [-0.15, -0.1) is 0 Å². The third-order valence-corrected chi connectivity index (χ3v) is 3.85. The van der Waals surface area contributed by atoms with E-state index in [4.69, 9.17) is 4.74 Å². The van der Waals surface area contributed by atoms with Gasteiger partial charge in [0.1, 0.15) is 6.10 Å². The summed E-state index contributed by atoms with van der Waals surface area (Å²) < 4.78 is 5.84. The zero-order valence-electron chi connectivity index (χ0n) is 13.2. The van der Waals surface area contributed by atoms with E-state index in [1.807, 2.05) is 30.3 Å². The van der Waals surface area contributed by atoms with Crippen LogP contribution in [0.3, 0.4) is 0 Å². The number of morpholine rings is 1. The Bertz CT molecular complexity index is 643. The number of hydrogen-bond donors (Lipinski definition) is 1. The minimum atomic E-state index is -0.0517. The molecule has 1 aliphatic rings. The third kappa shape index (κ3) is 4.37. The van der Waals surface area contributed by atoms with Crippen molar-refractivity contribution in [1.82, 2.24) is 9.88 Å². The van der Waals surface area contributed by atoms with Crippen LogP contribution in [0.15, 0.2) is 48.7 Å². The van der Waals surface area contributed by atoms with E-state index in [0.29, 0.717) is 6.61 Å². The maximum absolute atomic E-state index is 11.0. The molecule has 120 valence electrons. The lowest BCUT2D eigenvalue weighted by atomic mass is 10.1. The lowest BCUT2D eigenvalue weighted by Gasteiger charge is -2.32. The number of pyridine rings is 1. The van der Waals surface area contributed by atoms with Crippen LogP contribution in [0.5, 0.6) is 0 Å². The number of rotatable bonds is 4. The summed E-state index contributed by atoms with van der Waals surface area (Å²) in [6, 6.07) is 13.9. The van der Waals surface area contributed by atoms with Crippen molar-refractivity contribution in [2.24, 2.45) is 0 Å². The second kappa shape index (κ2) is 7.35. The molecule has 0 aliphatic carbocycles. The minimum absolute atomic E-state index is 0.0311. The van der Waals surface area contributed by atoms with Gasteiger partial charge in [-0.05, 0) is 29.8 Å². The maximum Gasteiger partial charge on any atom is 0.221 e. The van der Waals surface area contributed by atoms with Crippen LogP contribution in [0.25, 0.3) is 0 Å². The van der Waals surface area contributed by atoms with E-state index in [1.54, 1.807) is 6.20 Å². The molecule has 0 bridgehead atoms.